The summed E-state index contributed by atoms with van der Waals surface area (Å²) >= 11 is 0. The maximum atomic E-state index is 12.6. The molecule has 8 heteroatoms. The second-order valence-corrected chi connectivity index (χ2v) is 5.26. The van der Waals surface area contributed by atoms with Gasteiger partial charge >= 0.3 is 6.18 Å². The number of nitrogens with zero attached hydrogens (tertiary/aromatic N) is 2. The molecule has 1 aromatic rings. The van der Waals surface area contributed by atoms with Crippen molar-refractivity contribution in [3.63, 3.8) is 0 Å². The molecule has 0 amide bonds. The molecule has 5 nitrogen and oxygen atoms in total. The molecule has 3 N–H and O–H groups in total. The number of methoxy groups -OCH3 is 1. The van der Waals surface area contributed by atoms with Crippen LogP contribution in [0.2, 0.25) is 0 Å². The van der Waals surface area contributed by atoms with E-state index in [1.165, 1.54) is 6.07 Å². The lowest BCUT2D eigenvalue weighted by atomic mass is 9.90. The molecular weight excluding hydrogens is 273 g/mol. The minimum Gasteiger partial charge on any atom is -0.385 e. The first-order valence-corrected chi connectivity index (χ1v) is 6.08. The summed E-state index contributed by atoms with van der Waals surface area (Å²) in [6.07, 6.45) is -3.85. The first kappa shape index (κ1) is 16.5. The lowest BCUT2D eigenvalue weighted by Crippen LogP contribution is -2.25. The summed E-state index contributed by atoms with van der Waals surface area (Å²) in [4.78, 5) is 6.61. The van der Waals surface area contributed by atoms with Crippen molar-refractivity contribution in [3.05, 3.63) is 11.9 Å². The van der Waals surface area contributed by atoms with E-state index in [0.29, 0.717) is 13.2 Å². The maximum absolute atomic E-state index is 12.6. The van der Waals surface area contributed by atoms with Gasteiger partial charge in [0.15, 0.2) is 0 Å². The predicted octanol–water partition coefficient (Wildman–Crippen LogP) is 2.55. The zero-order valence-corrected chi connectivity index (χ0v) is 11.7. The van der Waals surface area contributed by atoms with Crippen LogP contribution in [0.25, 0.3) is 0 Å². The largest absolute Gasteiger partial charge is 0.451 e. The Morgan fingerprint density at radius 3 is 2.50 bits per heavy atom. The monoisotopic (exact) mass is 292 g/mol. The summed E-state index contributed by atoms with van der Waals surface area (Å²) in [5.74, 6) is -1.39. The molecule has 0 aliphatic carbocycles. The van der Waals surface area contributed by atoms with Crippen molar-refractivity contribution in [2.75, 3.05) is 31.3 Å². The van der Waals surface area contributed by atoms with Crippen molar-refractivity contribution >= 4 is 11.6 Å². The van der Waals surface area contributed by atoms with Crippen LogP contribution in [0.4, 0.5) is 24.8 Å². The van der Waals surface area contributed by atoms with Gasteiger partial charge in [-0.2, -0.15) is 13.2 Å². The second-order valence-electron chi connectivity index (χ2n) is 5.26. The summed E-state index contributed by atoms with van der Waals surface area (Å²) in [6.45, 7) is 4.99. The average Bonchev–Trinajstić information content (AvgIpc) is 2.32. The smallest absolute Gasteiger partial charge is 0.385 e. The van der Waals surface area contributed by atoms with Gasteiger partial charge in [0.25, 0.3) is 0 Å². The number of ether oxygens (including phenoxy) is 1. The number of nitrogens with one attached hydrogen (secondary N) is 1. The lowest BCUT2D eigenvalue weighted by molar-refractivity contribution is -0.144. The second kappa shape index (κ2) is 6.25. The number of nitrogens with two attached hydrogens (primary N) is 1. The summed E-state index contributed by atoms with van der Waals surface area (Å²) < 4.78 is 42.7. The third kappa shape index (κ3) is 5.20. The van der Waals surface area contributed by atoms with E-state index in [1.807, 2.05) is 13.8 Å². The van der Waals surface area contributed by atoms with Crippen LogP contribution < -0.4 is 11.1 Å². The van der Waals surface area contributed by atoms with E-state index in [4.69, 9.17) is 10.5 Å². The third-order valence-electron chi connectivity index (χ3n) is 2.73. The molecule has 0 aliphatic rings. The highest BCUT2D eigenvalue weighted by molar-refractivity contribution is 5.45. The zero-order chi connectivity index (χ0) is 15.4. The van der Waals surface area contributed by atoms with Gasteiger partial charge in [0.2, 0.25) is 5.82 Å². The third-order valence-corrected chi connectivity index (χ3v) is 2.73. The van der Waals surface area contributed by atoms with Crippen LogP contribution in [0.3, 0.4) is 0 Å². The van der Waals surface area contributed by atoms with E-state index in [9.17, 15) is 13.2 Å². The standard InChI is InChI=1S/C12H19F3N4O/c1-11(2,4-5-20-3)7-17-9-6-8(16)18-10(19-9)12(13,14)15/h6H,4-5,7H2,1-3H3,(H3,16,17,18,19). The molecule has 1 rings (SSSR count). The number of alkyl halides is 3. The summed E-state index contributed by atoms with van der Waals surface area (Å²) in [5, 5.41) is 2.86. The van der Waals surface area contributed by atoms with Crippen LogP contribution >= 0.6 is 0 Å². The summed E-state index contributed by atoms with van der Waals surface area (Å²) in [5.41, 5.74) is 5.22. The Morgan fingerprint density at radius 2 is 1.95 bits per heavy atom. The van der Waals surface area contributed by atoms with Crippen molar-refractivity contribution in [1.29, 1.82) is 0 Å². The van der Waals surface area contributed by atoms with Crippen LogP contribution in [0.5, 0.6) is 0 Å². The van der Waals surface area contributed by atoms with E-state index in [-0.39, 0.29) is 17.1 Å². The van der Waals surface area contributed by atoms with E-state index >= 15 is 0 Å². The van der Waals surface area contributed by atoms with Crippen LogP contribution in [-0.2, 0) is 10.9 Å². The van der Waals surface area contributed by atoms with Gasteiger partial charge in [0, 0.05) is 26.3 Å². The van der Waals surface area contributed by atoms with Crippen molar-refractivity contribution in [2.24, 2.45) is 5.41 Å². The number of hydrogen-bond acceptors (Lipinski definition) is 5. The molecule has 20 heavy (non-hydrogen) atoms. The Bertz CT molecular complexity index is 449. The SMILES string of the molecule is COCCC(C)(C)CNc1cc(N)nc(C(F)(F)F)n1. The normalized spacial score (nSPS) is 12.5. The van der Waals surface area contributed by atoms with E-state index in [2.05, 4.69) is 15.3 Å². The molecule has 1 heterocycles. The molecule has 0 saturated carbocycles. The Morgan fingerprint density at radius 1 is 1.30 bits per heavy atom. The Balaban J connectivity index is 2.76. The molecule has 0 spiro atoms. The Labute approximate surface area is 115 Å². The fourth-order valence-electron chi connectivity index (χ4n) is 1.48. The van der Waals surface area contributed by atoms with Gasteiger partial charge in [-0.25, -0.2) is 9.97 Å². The fraction of sp³-hybridized carbons (Fsp3) is 0.667. The van der Waals surface area contributed by atoms with E-state index < -0.39 is 12.0 Å². The molecule has 0 fully saturated rings. The molecule has 0 saturated heterocycles. The van der Waals surface area contributed by atoms with E-state index in [1.54, 1.807) is 7.11 Å². The fourth-order valence-corrected chi connectivity index (χ4v) is 1.48. The van der Waals surface area contributed by atoms with Crippen molar-refractivity contribution in [1.82, 2.24) is 9.97 Å². The predicted molar refractivity (Wildman–Crippen MR) is 70.2 cm³/mol. The average molecular weight is 292 g/mol. The molecule has 0 aromatic carbocycles. The minimum atomic E-state index is -4.61. The van der Waals surface area contributed by atoms with Gasteiger partial charge in [-0.05, 0) is 11.8 Å². The Hall–Kier alpha value is -1.57. The molecule has 1 aromatic heterocycles. The van der Waals surface area contributed by atoms with Crippen LogP contribution in [0, 0.1) is 5.41 Å². The van der Waals surface area contributed by atoms with Gasteiger partial charge in [-0.15, -0.1) is 0 Å². The van der Waals surface area contributed by atoms with Gasteiger partial charge < -0.3 is 15.8 Å². The summed E-state index contributed by atoms with van der Waals surface area (Å²) in [6, 6.07) is 1.28. The molecule has 0 aliphatic heterocycles. The van der Waals surface area contributed by atoms with E-state index in [0.717, 1.165) is 6.42 Å². The topological polar surface area (TPSA) is 73.1 Å². The Kier molecular flexibility index (Phi) is 5.15. The number of anilines is 2. The highest BCUT2D eigenvalue weighted by Crippen LogP contribution is 2.28. The quantitative estimate of drug-likeness (QED) is 0.843. The van der Waals surface area contributed by atoms with Gasteiger partial charge in [0.05, 0.1) is 0 Å². The number of aromatic nitrogens is 2. The molecule has 0 bridgehead atoms. The minimum absolute atomic E-state index is 0.0651. The molecule has 0 atom stereocenters. The molecular formula is C12H19F3N4O. The summed E-state index contributed by atoms with van der Waals surface area (Å²) in [7, 11) is 1.60. The van der Waals surface area contributed by atoms with Crippen molar-refractivity contribution in [3.8, 4) is 0 Å². The first-order chi connectivity index (χ1) is 9.14. The highest BCUT2D eigenvalue weighted by Gasteiger charge is 2.35. The molecule has 114 valence electrons. The number of halogens is 3. The number of rotatable bonds is 6. The number of hydrogen-bond donors (Lipinski definition) is 2. The van der Waals surface area contributed by atoms with Crippen LogP contribution in [0.1, 0.15) is 26.1 Å². The van der Waals surface area contributed by atoms with Gasteiger partial charge in [0.1, 0.15) is 11.6 Å². The highest BCUT2D eigenvalue weighted by atomic mass is 19.4. The molecule has 0 radical (unpaired) electrons. The first-order valence-electron chi connectivity index (χ1n) is 6.08. The zero-order valence-electron chi connectivity index (χ0n) is 11.7. The van der Waals surface area contributed by atoms with Crippen LogP contribution in [0.15, 0.2) is 6.07 Å². The van der Waals surface area contributed by atoms with Crippen LogP contribution in [-0.4, -0.2) is 30.2 Å². The van der Waals surface area contributed by atoms with Gasteiger partial charge in [-0.3, -0.25) is 0 Å². The lowest BCUT2D eigenvalue weighted by Gasteiger charge is -2.25. The van der Waals surface area contributed by atoms with Crippen molar-refractivity contribution in [2.45, 2.75) is 26.4 Å². The molecule has 0 unspecified atom stereocenters. The maximum Gasteiger partial charge on any atom is 0.451 e. The van der Waals surface area contributed by atoms with Crippen molar-refractivity contribution < 1.29 is 17.9 Å². The van der Waals surface area contributed by atoms with Gasteiger partial charge in [-0.1, -0.05) is 13.8 Å². The number of nitrogen functional groups attached to an aromatic ring is 1.